The summed E-state index contributed by atoms with van der Waals surface area (Å²) in [7, 11) is 3.57. The number of ketones is 1. The lowest BCUT2D eigenvalue weighted by Crippen LogP contribution is -2.47. The first kappa shape index (κ1) is 20.8. The summed E-state index contributed by atoms with van der Waals surface area (Å²) >= 11 is 5.96. The molecule has 1 unspecified atom stereocenters. The van der Waals surface area contributed by atoms with Gasteiger partial charge in [-0.15, -0.1) is 0 Å². The summed E-state index contributed by atoms with van der Waals surface area (Å²) in [6.45, 7) is 4.01. The first-order valence-electron chi connectivity index (χ1n) is 9.05. The number of hydrazine groups is 1. The molecule has 9 heteroatoms. The lowest BCUT2D eigenvalue weighted by molar-refractivity contribution is -0.384. The molecule has 0 spiro atoms. The van der Waals surface area contributed by atoms with Crippen molar-refractivity contribution in [2.45, 2.75) is 32.6 Å². The number of allylic oxidation sites excluding steroid dienone is 3. The summed E-state index contributed by atoms with van der Waals surface area (Å²) < 4.78 is 0. The normalized spacial score (nSPS) is 21.3. The van der Waals surface area contributed by atoms with Gasteiger partial charge in [-0.1, -0.05) is 31.5 Å². The molecule has 3 rings (SSSR count). The molecular weight excluding hydrogens is 394 g/mol. The predicted molar refractivity (Wildman–Crippen MR) is 108 cm³/mol. The fourth-order valence-corrected chi connectivity index (χ4v) is 4.32. The Kier molecular flexibility index (Phi) is 5.15. The summed E-state index contributed by atoms with van der Waals surface area (Å²) in [4.78, 5) is 24.0. The SMILES string of the molecule is CN(C)N1C(N)=C(C#N)C(c2ccc(Cl)c([N+](=O)[O-])c2)C2=C1CC(C)(C)CC2=O. The Morgan fingerprint density at radius 2 is 2.03 bits per heavy atom. The number of nitro benzene ring substituents is 1. The van der Waals surface area contributed by atoms with Crippen LogP contribution in [0.4, 0.5) is 5.69 Å². The van der Waals surface area contributed by atoms with Crippen molar-refractivity contribution in [3.8, 4) is 6.07 Å². The van der Waals surface area contributed by atoms with Gasteiger partial charge >= 0.3 is 0 Å². The molecular formula is C20H22ClN5O3. The number of nitriles is 1. The number of nitrogens with two attached hydrogens (primary N) is 1. The number of benzene rings is 1. The Bertz CT molecular complexity index is 1020. The van der Waals surface area contributed by atoms with Crippen LogP contribution in [0.25, 0.3) is 0 Å². The molecule has 0 bridgehead atoms. The van der Waals surface area contributed by atoms with Gasteiger partial charge in [0.15, 0.2) is 5.78 Å². The highest BCUT2D eigenvalue weighted by Crippen LogP contribution is 2.49. The maximum Gasteiger partial charge on any atom is 0.288 e. The summed E-state index contributed by atoms with van der Waals surface area (Å²) in [5, 5.41) is 24.7. The Hall–Kier alpha value is -2.89. The van der Waals surface area contributed by atoms with E-state index in [4.69, 9.17) is 17.3 Å². The lowest BCUT2D eigenvalue weighted by Gasteiger charge is -2.45. The average Bonchev–Trinajstić information content (AvgIpc) is 2.59. The molecule has 2 aliphatic rings. The van der Waals surface area contributed by atoms with Crippen molar-refractivity contribution >= 4 is 23.1 Å². The molecule has 2 N–H and O–H groups in total. The van der Waals surface area contributed by atoms with Crippen LogP contribution in [0.1, 0.15) is 38.2 Å². The van der Waals surface area contributed by atoms with Gasteiger partial charge in [0, 0.05) is 37.9 Å². The number of hydrogen-bond acceptors (Lipinski definition) is 7. The van der Waals surface area contributed by atoms with Crippen LogP contribution >= 0.6 is 11.6 Å². The molecule has 8 nitrogen and oxygen atoms in total. The predicted octanol–water partition coefficient (Wildman–Crippen LogP) is 3.46. The van der Waals surface area contributed by atoms with Crippen molar-refractivity contribution in [2.75, 3.05) is 14.1 Å². The molecule has 1 aromatic rings. The largest absolute Gasteiger partial charge is 0.383 e. The zero-order valence-corrected chi connectivity index (χ0v) is 17.4. The Morgan fingerprint density at radius 1 is 1.38 bits per heavy atom. The van der Waals surface area contributed by atoms with Crippen LogP contribution < -0.4 is 5.73 Å². The van der Waals surface area contributed by atoms with Crippen LogP contribution in [0, 0.1) is 26.9 Å². The fraction of sp³-hybridized carbons (Fsp3) is 0.400. The van der Waals surface area contributed by atoms with Crippen LogP contribution in [0.2, 0.25) is 5.02 Å². The molecule has 0 fully saturated rings. The van der Waals surface area contributed by atoms with Crippen molar-refractivity contribution in [1.29, 1.82) is 5.26 Å². The van der Waals surface area contributed by atoms with E-state index in [0.717, 1.165) is 5.70 Å². The van der Waals surface area contributed by atoms with E-state index in [1.165, 1.54) is 12.1 Å². The van der Waals surface area contributed by atoms with Gasteiger partial charge in [-0.05, 0) is 23.5 Å². The van der Waals surface area contributed by atoms with E-state index < -0.39 is 10.8 Å². The zero-order chi connectivity index (χ0) is 21.7. The monoisotopic (exact) mass is 415 g/mol. The van der Waals surface area contributed by atoms with Gasteiger partial charge in [-0.3, -0.25) is 19.9 Å². The van der Waals surface area contributed by atoms with E-state index in [1.807, 2.05) is 13.8 Å². The molecule has 0 amide bonds. The maximum atomic E-state index is 13.2. The van der Waals surface area contributed by atoms with E-state index in [1.54, 1.807) is 30.2 Å². The molecule has 0 saturated heterocycles. The molecule has 1 aliphatic carbocycles. The smallest absolute Gasteiger partial charge is 0.288 e. The molecule has 1 aromatic carbocycles. The third kappa shape index (κ3) is 3.48. The second-order valence-electron chi connectivity index (χ2n) is 8.27. The van der Waals surface area contributed by atoms with Gasteiger partial charge in [0.25, 0.3) is 5.69 Å². The molecule has 0 saturated carbocycles. The lowest BCUT2D eigenvalue weighted by atomic mass is 9.69. The Morgan fingerprint density at radius 3 is 2.59 bits per heavy atom. The maximum absolute atomic E-state index is 13.2. The van der Waals surface area contributed by atoms with E-state index in [0.29, 0.717) is 24.0 Å². The first-order valence-corrected chi connectivity index (χ1v) is 9.43. The Balaban J connectivity index is 2.31. The number of halogens is 1. The molecule has 152 valence electrons. The van der Waals surface area contributed by atoms with E-state index >= 15 is 0 Å². The third-order valence-electron chi connectivity index (χ3n) is 5.25. The molecule has 1 atom stereocenters. The summed E-state index contributed by atoms with van der Waals surface area (Å²) in [6, 6.07) is 6.46. The van der Waals surface area contributed by atoms with E-state index in [-0.39, 0.29) is 33.3 Å². The van der Waals surface area contributed by atoms with Crippen LogP contribution in [0.15, 0.2) is 40.9 Å². The first-order chi connectivity index (χ1) is 13.5. The quantitative estimate of drug-likeness (QED) is 0.593. The van der Waals surface area contributed by atoms with E-state index in [2.05, 4.69) is 6.07 Å². The van der Waals surface area contributed by atoms with Gasteiger partial charge in [0.1, 0.15) is 10.8 Å². The summed E-state index contributed by atoms with van der Waals surface area (Å²) in [5.74, 6) is -0.652. The van der Waals surface area contributed by atoms with Gasteiger partial charge in [0.05, 0.1) is 22.5 Å². The zero-order valence-electron chi connectivity index (χ0n) is 16.7. The van der Waals surface area contributed by atoms with Gasteiger partial charge < -0.3 is 5.73 Å². The van der Waals surface area contributed by atoms with Crippen molar-refractivity contribution in [1.82, 2.24) is 10.0 Å². The molecule has 1 heterocycles. The van der Waals surface area contributed by atoms with Gasteiger partial charge in [-0.2, -0.15) is 5.26 Å². The second-order valence-corrected chi connectivity index (χ2v) is 8.68. The number of Topliss-reactive ketones (excluding diaryl/α,β-unsaturated/α-hetero) is 1. The van der Waals surface area contributed by atoms with Crippen molar-refractivity contribution < 1.29 is 9.72 Å². The summed E-state index contributed by atoms with van der Waals surface area (Å²) in [5.41, 5.74) is 7.62. The average molecular weight is 416 g/mol. The topological polar surface area (TPSA) is 116 Å². The highest BCUT2D eigenvalue weighted by Gasteiger charge is 2.45. The highest BCUT2D eigenvalue weighted by atomic mass is 35.5. The van der Waals surface area contributed by atoms with E-state index in [9.17, 15) is 20.2 Å². The standard InChI is InChI=1S/C20H22ClN5O3/c1-20(2)8-15-18(16(27)9-20)17(12(10-22)19(23)25(15)24(3)4)11-5-6-13(21)14(7-11)26(28)29/h5-7,17H,8-9,23H2,1-4H3. The highest BCUT2D eigenvalue weighted by molar-refractivity contribution is 6.32. The van der Waals surface area contributed by atoms with Gasteiger partial charge in [0.2, 0.25) is 0 Å². The molecule has 0 radical (unpaired) electrons. The van der Waals surface area contributed by atoms with Crippen molar-refractivity contribution in [2.24, 2.45) is 11.1 Å². The number of carbonyl (C=O) groups excluding carboxylic acids is 1. The van der Waals surface area contributed by atoms with Crippen LogP contribution in [0.5, 0.6) is 0 Å². The van der Waals surface area contributed by atoms with Crippen LogP contribution in [-0.2, 0) is 4.79 Å². The molecule has 29 heavy (non-hydrogen) atoms. The number of rotatable bonds is 3. The third-order valence-corrected chi connectivity index (χ3v) is 5.57. The minimum atomic E-state index is -0.772. The minimum Gasteiger partial charge on any atom is -0.383 e. The van der Waals surface area contributed by atoms with Crippen molar-refractivity contribution in [3.05, 3.63) is 61.6 Å². The Labute approximate surface area is 173 Å². The number of hydrogen-bond donors (Lipinski definition) is 1. The van der Waals surface area contributed by atoms with Crippen LogP contribution in [0.3, 0.4) is 0 Å². The number of nitro groups is 1. The van der Waals surface area contributed by atoms with Gasteiger partial charge in [-0.25, -0.2) is 5.01 Å². The second kappa shape index (κ2) is 7.17. The summed E-state index contributed by atoms with van der Waals surface area (Å²) in [6.07, 6.45) is 0.899. The number of nitrogens with zero attached hydrogens (tertiary/aromatic N) is 4. The van der Waals surface area contributed by atoms with Crippen LogP contribution in [-0.4, -0.2) is 34.8 Å². The minimum absolute atomic E-state index is 0.00903. The van der Waals surface area contributed by atoms with Crippen molar-refractivity contribution in [3.63, 3.8) is 0 Å². The molecule has 1 aliphatic heterocycles. The molecule has 0 aromatic heterocycles. The number of carbonyl (C=O) groups is 1. The fourth-order valence-electron chi connectivity index (χ4n) is 4.13.